The molecule has 10 heteroatoms. The number of carbonyl (C=O) groups is 1. The van der Waals surface area contributed by atoms with E-state index in [-0.39, 0.29) is 23.0 Å². The number of hydrogen-bond donors (Lipinski definition) is 1. The van der Waals surface area contributed by atoms with Crippen molar-refractivity contribution >= 4 is 27.6 Å². The zero-order valence-corrected chi connectivity index (χ0v) is 15.6. The SMILES string of the molecule is CNS(=O)(=O)c1ccc(C(=O)OCc2nc(-c3ccc(Cl)cc3)no2)cc1. The molecule has 27 heavy (non-hydrogen) atoms. The zero-order chi connectivity index (χ0) is 19.4. The predicted octanol–water partition coefficient (Wildman–Crippen LogP) is 2.66. The third-order valence-corrected chi connectivity index (χ3v) is 5.25. The highest BCUT2D eigenvalue weighted by Gasteiger charge is 2.15. The van der Waals surface area contributed by atoms with Crippen molar-refractivity contribution in [2.24, 2.45) is 0 Å². The van der Waals surface area contributed by atoms with Gasteiger partial charge in [-0.1, -0.05) is 16.8 Å². The first-order valence-corrected chi connectivity index (χ1v) is 9.54. The van der Waals surface area contributed by atoms with Crippen molar-refractivity contribution in [1.29, 1.82) is 0 Å². The van der Waals surface area contributed by atoms with E-state index in [1.54, 1.807) is 24.3 Å². The van der Waals surface area contributed by atoms with Crippen molar-refractivity contribution < 1.29 is 22.5 Å². The zero-order valence-electron chi connectivity index (χ0n) is 14.0. The third-order valence-electron chi connectivity index (χ3n) is 3.57. The average Bonchev–Trinajstić information content (AvgIpc) is 3.16. The van der Waals surface area contributed by atoms with Gasteiger partial charge in [0, 0.05) is 10.6 Å². The summed E-state index contributed by atoms with van der Waals surface area (Å²) in [5.74, 6) is -0.170. The molecule has 0 aliphatic heterocycles. The van der Waals surface area contributed by atoms with Crippen molar-refractivity contribution in [3.63, 3.8) is 0 Å². The highest BCUT2D eigenvalue weighted by Crippen LogP contribution is 2.19. The second-order valence-corrected chi connectivity index (χ2v) is 7.65. The van der Waals surface area contributed by atoms with E-state index >= 15 is 0 Å². The molecule has 3 rings (SSSR count). The second-order valence-electron chi connectivity index (χ2n) is 5.33. The maximum atomic E-state index is 12.1. The van der Waals surface area contributed by atoms with Crippen LogP contribution in [-0.2, 0) is 21.4 Å². The number of nitrogens with one attached hydrogen (secondary N) is 1. The van der Waals surface area contributed by atoms with Gasteiger partial charge in [0.2, 0.25) is 15.8 Å². The Morgan fingerprint density at radius 2 is 1.81 bits per heavy atom. The summed E-state index contributed by atoms with van der Waals surface area (Å²) in [5, 5.41) is 4.41. The van der Waals surface area contributed by atoms with E-state index in [4.69, 9.17) is 20.9 Å². The quantitative estimate of drug-likeness (QED) is 0.625. The first-order valence-electron chi connectivity index (χ1n) is 7.68. The van der Waals surface area contributed by atoms with Crippen LogP contribution in [0.15, 0.2) is 57.9 Å². The van der Waals surface area contributed by atoms with Gasteiger partial charge in [-0.15, -0.1) is 0 Å². The molecular formula is C17H14ClN3O5S. The standard InChI is InChI=1S/C17H14ClN3O5S/c1-19-27(23,24)14-8-4-12(5-9-14)17(22)25-10-15-20-16(21-26-15)11-2-6-13(18)7-3-11/h2-9,19H,10H2,1H3. The van der Waals surface area contributed by atoms with Gasteiger partial charge >= 0.3 is 5.97 Å². The van der Waals surface area contributed by atoms with Gasteiger partial charge in [-0.3, -0.25) is 0 Å². The van der Waals surface area contributed by atoms with Gasteiger partial charge < -0.3 is 9.26 Å². The number of halogens is 1. The molecule has 1 aromatic heterocycles. The molecule has 0 saturated heterocycles. The van der Waals surface area contributed by atoms with Crippen LogP contribution in [0.4, 0.5) is 0 Å². The van der Waals surface area contributed by atoms with Crippen LogP contribution >= 0.6 is 11.6 Å². The van der Waals surface area contributed by atoms with Crippen LogP contribution in [0.2, 0.25) is 5.02 Å². The molecule has 0 saturated carbocycles. The monoisotopic (exact) mass is 407 g/mol. The van der Waals surface area contributed by atoms with Gasteiger partial charge in [0.1, 0.15) is 0 Å². The number of esters is 1. The van der Waals surface area contributed by atoms with E-state index in [2.05, 4.69) is 14.9 Å². The fraction of sp³-hybridized carbons (Fsp3) is 0.118. The molecular weight excluding hydrogens is 394 g/mol. The molecule has 0 fully saturated rings. The lowest BCUT2D eigenvalue weighted by molar-refractivity contribution is 0.0429. The van der Waals surface area contributed by atoms with Crippen LogP contribution in [0, 0.1) is 0 Å². The van der Waals surface area contributed by atoms with Crippen LogP contribution in [0.25, 0.3) is 11.4 Å². The summed E-state index contributed by atoms with van der Waals surface area (Å²) in [6, 6.07) is 12.2. The lowest BCUT2D eigenvalue weighted by Crippen LogP contribution is -2.18. The first kappa shape index (κ1) is 19.0. The first-order chi connectivity index (χ1) is 12.9. The van der Waals surface area contributed by atoms with Gasteiger partial charge in [0.05, 0.1) is 10.5 Å². The predicted molar refractivity (Wildman–Crippen MR) is 96.6 cm³/mol. The van der Waals surface area contributed by atoms with E-state index in [0.717, 1.165) is 0 Å². The van der Waals surface area contributed by atoms with Crippen LogP contribution < -0.4 is 4.72 Å². The maximum Gasteiger partial charge on any atom is 0.338 e. The largest absolute Gasteiger partial charge is 0.452 e. The number of benzene rings is 2. The Morgan fingerprint density at radius 1 is 1.15 bits per heavy atom. The highest BCUT2D eigenvalue weighted by molar-refractivity contribution is 7.89. The van der Waals surface area contributed by atoms with Gasteiger partial charge in [-0.25, -0.2) is 17.9 Å². The van der Waals surface area contributed by atoms with Crippen LogP contribution in [0.5, 0.6) is 0 Å². The lowest BCUT2D eigenvalue weighted by Gasteiger charge is -2.04. The Morgan fingerprint density at radius 3 is 2.44 bits per heavy atom. The minimum atomic E-state index is -3.57. The van der Waals surface area contributed by atoms with Crippen LogP contribution in [0.1, 0.15) is 16.2 Å². The summed E-state index contributed by atoms with van der Waals surface area (Å²) >= 11 is 5.83. The number of aromatic nitrogens is 2. The highest BCUT2D eigenvalue weighted by atomic mass is 35.5. The fourth-order valence-electron chi connectivity index (χ4n) is 2.13. The molecule has 0 aliphatic rings. The minimum Gasteiger partial charge on any atom is -0.452 e. The lowest BCUT2D eigenvalue weighted by atomic mass is 10.2. The third kappa shape index (κ3) is 4.51. The molecule has 1 heterocycles. The Labute approximate surface area is 160 Å². The molecule has 0 unspecified atom stereocenters. The number of hydrogen-bond acceptors (Lipinski definition) is 7. The number of ether oxygens (including phenoxy) is 1. The Hall–Kier alpha value is -2.75. The Bertz CT molecular complexity index is 1050. The summed E-state index contributed by atoms with van der Waals surface area (Å²) in [4.78, 5) is 16.3. The van der Waals surface area contributed by atoms with Crippen LogP contribution in [-0.4, -0.2) is 31.6 Å². The van der Waals surface area contributed by atoms with Crippen molar-refractivity contribution in [1.82, 2.24) is 14.9 Å². The van der Waals surface area contributed by atoms with Crippen molar-refractivity contribution in [3.8, 4) is 11.4 Å². The average molecular weight is 408 g/mol. The molecule has 0 aliphatic carbocycles. The van der Waals surface area contributed by atoms with Crippen LogP contribution in [0.3, 0.4) is 0 Å². The van der Waals surface area contributed by atoms with E-state index in [9.17, 15) is 13.2 Å². The van der Waals surface area contributed by atoms with Gasteiger partial charge in [-0.2, -0.15) is 4.98 Å². The molecule has 0 spiro atoms. The molecule has 140 valence electrons. The van der Waals surface area contributed by atoms with Crippen molar-refractivity contribution in [2.75, 3.05) is 7.05 Å². The molecule has 2 aromatic carbocycles. The second kappa shape index (κ2) is 7.87. The summed E-state index contributed by atoms with van der Waals surface area (Å²) in [6.07, 6.45) is 0. The molecule has 0 atom stereocenters. The maximum absolute atomic E-state index is 12.1. The van der Waals surface area contributed by atoms with E-state index in [0.29, 0.717) is 16.4 Å². The molecule has 3 aromatic rings. The molecule has 1 N–H and O–H groups in total. The Balaban J connectivity index is 1.63. The van der Waals surface area contributed by atoms with Gasteiger partial charge in [0.25, 0.3) is 5.89 Å². The van der Waals surface area contributed by atoms with Gasteiger partial charge in [-0.05, 0) is 55.6 Å². The topological polar surface area (TPSA) is 111 Å². The summed E-state index contributed by atoms with van der Waals surface area (Å²) in [5.41, 5.74) is 0.907. The molecule has 0 radical (unpaired) electrons. The summed E-state index contributed by atoms with van der Waals surface area (Å²) in [6.45, 7) is -0.212. The minimum absolute atomic E-state index is 0.0473. The van der Waals surface area contributed by atoms with Crippen molar-refractivity contribution in [2.45, 2.75) is 11.5 Å². The van der Waals surface area contributed by atoms with E-state index < -0.39 is 16.0 Å². The number of carbonyl (C=O) groups excluding carboxylic acids is 1. The van der Waals surface area contributed by atoms with Gasteiger partial charge in [0.15, 0.2) is 6.61 Å². The fourth-order valence-corrected chi connectivity index (χ4v) is 2.98. The van der Waals surface area contributed by atoms with Crippen molar-refractivity contribution in [3.05, 3.63) is 65.0 Å². The number of sulfonamides is 1. The Kier molecular flexibility index (Phi) is 5.54. The summed E-state index contributed by atoms with van der Waals surface area (Å²) < 4.78 is 35.7. The number of rotatable bonds is 6. The molecule has 0 amide bonds. The normalized spacial score (nSPS) is 11.3. The smallest absolute Gasteiger partial charge is 0.338 e. The van der Waals surface area contributed by atoms with E-state index in [1.807, 2.05) is 0 Å². The van der Waals surface area contributed by atoms with E-state index in [1.165, 1.54) is 31.3 Å². The number of nitrogens with zero attached hydrogens (tertiary/aromatic N) is 2. The summed E-state index contributed by atoms with van der Waals surface area (Å²) in [7, 11) is -2.26. The molecule has 8 nitrogen and oxygen atoms in total. The molecule has 0 bridgehead atoms.